The number of rotatable bonds is 4. The van der Waals surface area contributed by atoms with E-state index in [-0.39, 0.29) is 35.9 Å². The van der Waals surface area contributed by atoms with Crippen LogP contribution < -0.4 is 10.9 Å². The fraction of sp³-hybridized carbons (Fsp3) is 0.333. The zero-order chi connectivity index (χ0) is 21.4. The minimum atomic E-state index is -3.67. The summed E-state index contributed by atoms with van der Waals surface area (Å²) in [5.41, 5.74) is 7.89. The number of piperazine rings is 1. The molecule has 5 rings (SSSR count). The summed E-state index contributed by atoms with van der Waals surface area (Å²) >= 11 is 0. The summed E-state index contributed by atoms with van der Waals surface area (Å²) in [5.74, 6) is -0.190. The Morgan fingerprint density at radius 1 is 1.03 bits per heavy atom. The molecule has 0 spiro atoms. The van der Waals surface area contributed by atoms with E-state index in [1.807, 2.05) is 30.3 Å². The molecule has 2 saturated heterocycles. The number of H-pyrrole nitrogens is 1. The van der Waals surface area contributed by atoms with Gasteiger partial charge in [0.05, 0.1) is 12.0 Å². The molecule has 2 aromatic heterocycles. The summed E-state index contributed by atoms with van der Waals surface area (Å²) in [7, 11) is -3.67. The first-order valence-corrected chi connectivity index (χ1v) is 11.7. The van der Waals surface area contributed by atoms with E-state index in [9.17, 15) is 13.2 Å². The van der Waals surface area contributed by atoms with Gasteiger partial charge in [0.15, 0.2) is 0 Å². The second kappa shape index (κ2) is 8.04. The molecule has 162 valence electrons. The number of hydrogen-bond acceptors (Lipinski definition) is 6. The molecule has 0 radical (unpaired) electrons. The van der Waals surface area contributed by atoms with Crippen LogP contribution in [0.5, 0.6) is 0 Å². The smallest absolute Gasteiger partial charge is 0.245 e. The predicted octanol–water partition coefficient (Wildman–Crippen LogP) is 0.861. The summed E-state index contributed by atoms with van der Waals surface area (Å²) in [6, 6.07) is 13.2. The van der Waals surface area contributed by atoms with Crippen LogP contribution in [0.15, 0.2) is 59.8 Å². The molecule has 9 nitrogen and oxygen atoms in total. The average Bonchev–Trinajstić information content (AvgIpc) is 3.47. The first-order chi connectivity index (χ1) is 15.1. The standard InChI is InChI=1S/C21H24N6O3S/c28-21(17-13-24-25-19(17)15-5-2-1-3-6-15)26-9-11-27(12-10-26)31(29,30)18-14-23-20-16(18)7-4-8-22-20/h1-8,14,17,19,24-25H,9-13H2,(H,22,23). The Bertz CT molecular complexity index is 1190. The lowest BCUT2D eigenvalue weighted by Crippen LogP contribution is -2.52. The lowest BCUT2D eigenvalue weighted by molar-refractivity contribution is -0.136. The van der Waals surface area contributed by atoms with Gasteiger partial charge in [0.1, 0.15) is 10.5 Å². The van der Waals surface area contributed by atoms with Crippen LogP contribution in [-0.4, -0.2) is 66.2 Å². The highest BCUT2D eigenvalue weighted by Crippen LogP contribution is 2.28. The first kappa shape index (κ1) is 20.1. The van der Waals surface area contributed by atoms with E-state index in [0.29, 0.717) is 30.7 Å². The Balaban J connectivity index is 1.28. The second-order valence-corrected chi connectivity index (χ2v) is 9.71. The summed E-state index contributed by atoms with van der Waals surface area (Å²) in [6.07, 6.45) is 3.11. The van der Waals surface area contributed by atoms with Gasteiger partial charge in [0.2, 0.25) is 15.9 Å². The molecule has 2 aliphatic rings. The van der Waals surface area contributed by atoms with Crippen LogP contribution in [0.4, 0.5) is 0 Å². The molecule has 2 aliphatic heterocycles. The number of fused-ring (bicyclic) bond motifs is 1. The Morgan fingerprint density at radius 3 is 2.58 bits per heavy atom. The van der Waals surface area contributed by atoms with E-state index in [1.165, 1.54) is 10.5 Å². The van der Waals surface area contributed by atoms with Crippen molar-refractivity contribution in [2.75, 3.05) is 32.7 Å². The maximum atomic E-state index is 13.2. The van der Waals surface area contributed by atoms with Crippen molar-refractivity contribution in [3.05, 3.63) is 60.4 Å². The summed E-state index contributed by atoms with van der Waals surface area (Å²) in [4.78, 5) is 22.3. The normalized spacial score (nSPS) is 22.8. The number of carbonyl (C=O) groups is 1. The molecule has 0 aliphatic carbocycles. The quantitative estimate of drug-likeness (QED) is 0.555. The predicted molar refractivity (Wildman–Crippen MR) is 115 cm³/mol. The molecule has 3 aromatic rings. The number of aromatic nitrogens is 2. The van der Waals surface area contributed by atoms with Crippen molar-refractivity contribution in [1.82, 2.24) is 30.0 Å². The molecule has 0 bridgehead atoms. The van der Waals surface area contributed by atoms with Crippen molar-refractivity contribution in [2.24, 2.45) is 5.92 Å². The van der Waals surface area contributed by atoms with Crippen molar-refractivity contribution in [1.29, 1.82) is 0 Å². The lowest BCUT2D eigenvalue weighted by Gasteiger charge is -2.35. The van der Waals surface area contributed by atoms with E-state index >= 15 is 0 Å². The summed E-state index contributed by atoms with van der Waals surface area (Å²) in [6.45, 7) is 1.82. The second-order valence-electron chi connectivity index (χ2n) is 7.80. The minimum absolute atomic E-state index is 0.0414. The number of amides is 1. The van der Waals surface area contributed by atoms with Gasteiger partial charge in [-0.25, -0.2) is 18.8 Å². The molecule has 2 unspecified atom stereocenters. The van der Waals surface area contributed by atoms with E-state index in [1.54, 1.807) is 23.2 Å². The van der Waals surface area contributed by atoms with Crippen LogP contribution >= 0.6 is 0 Å². The van der Waals surface area contributed by atoms with Crippen molar-refractivity contribution in [3.63, 3.8) is 0 Å². The van der Waals surface area contributed by atoms with Crippen LogP contribution in [-0.2, 0) is 14.8 Å². The van der Waals surface area contributed by atoms with Crippen molar-refractivity contribution >= 4 is 27.0 Å². The van der Waals surface area contributed by atoms with Gasteiger partial charge in [-0.05, 0) is 17.7 Å². The van der Waals surface area contributed by atoms with Crippen LogP contribution in [0.3, 0.4) is 0 Å². The number of aromatic amines is 1. The van der Waals surface area contributed by atoms with Crippen LogP contribution in [0.1, 0.15) is 11.6 Å². The Morgan fingerprint density at radius 2 is 1.81 bits per heavy atom. The summed E-state index contributed by atoms with van der Waals surface area (Å²) < 4.78 is 27.8. The fourth-order valence-corrected chi connectivity index (χ4v) is 5.94. The Labute approximate surface area is 180 Å². The third-order valence-electron chi connectivity index (χ3n) is 6.04. The maximum Gasteiger partial charge on any atom is 0.245 e. The average molecular weight is 441 g/mol. The molecule has 1 amide bonds. The number of pyridine rings is 1. The van der Waals surface area contributed by atoms with Gasteiger partial charge in [-0.15, -0.1) is 0 Å². The minimum Gasteiger partial charge on any atom is -0.345 e. The molecular formula is C21H24N6O3S. The largest absolute Gasteiger partial charge is 0.345 e. The van der Waals surface area contributed by atoms with Gasteiger partial charge < -0.3 is 9.88 Å². The van der Waals surface area contributed by atoms with E-state index in [0.717, 1.165) is 5.56 Å². The number of carbonyl (C=O) groups excluding carboxylic acids is 1. The molecule has 2 fully saturated rings. The Kier molecular flexibility index (Phi) is 5.22. The van der Waals surface area contributed by atoms with Gasteiger partial charge in [-0.2, -0.15) is 4.31 Å². The summed E-state index contributed by atoms with van der Waals surface area (Å²) in [5, 5.41) is 0.579. The molecule has 1 aromatic carbocycles. The molecule has 10 heteroatoms. The highest BCUT2D eigenvalue weighted by molar-refractivity contribution is 7.89. The topological polar surface area (TPSA) is 110 Å². The lowest BCUT2D eigenvalue weighted by atomic mass is 9.93. The highest BCUT2D eigenvalue weighted by Gasteiger charge is 2.39. The van der Waals surface area contributed by atoms with E-state index in [4.69, 9.17) is 0 Å². The third kappa shape index (κ3) is 3.61. The highest BCUT2D eigenvalue weighted by atomic mass is 32.2. The zero-order valence-electron chi connectivity index (χ0n) is 16.9. The Hall–Kier alpha value is -2.79. The molecule has 2 atom stereocenters. The maximum absolute atomic E-state index is 13.2. The first-order valence-electron chi connectivity index (χ1n) is 10.3. The zero-order valence-corrected chi connectivity index (χ0v) is 17.7. The third-order valence-corrected chi connectivity index (χ3v) is 7.98. The number of hydrazine groups is 1. The van der Waals surface area contributed by atoms with Gasteiger partial charge in [0.25, 0.3) is 0 Å². The number of hydrogen-bond donors (Lipinski definition) is 3. The van der Waals surface area contributed by atoms with Crippen LogP contribution in [0, 0.1) is 5.92 Å². The molecular weight excluding hydrogens is 416 g/mol. The van der Waals surface area contributed by atoms with Crippen LogP contribution in [0.2, 0.25) is 0 Å². The van der Waals surface area contributed by atoms with Crippen LogP contribution in [0.25, 0.3) is 11.0 Å². The molecule has 3 N–H and O–H groups in total. The molecule has 0 saturated carbocycles. The molecule has 31 heavy (non-hydrogen) atoms. The number of sulfonamides is 1. The number of nitrogens with zero attached hydrogens (tertiary/aromatic N) is 3. The van der Waals surface area contributed by atoms with Crippen molar-refractivity contribution < 1.29 is 13.2 Å². The van der Waals surface area contributed by atoms with Gasteiger partial charge in [-0.1, -0.05) is 30.3 Å². The van der Waals surface area contributed by atoms with Crippen molar-refractivity contribution in [3.8, 4) is 0 Å². The fourth-order valence-electron chi connectivity index (χ4n) is 4.37. The monoisotopic (exact) mass is 440 g/mol. The van der Waals surface area contributed by atoms with Gasteiger partial charge in [-0.3, -0.25) is 10.2 Å². The number of nitrogens with one attached hydrogen (secondary N) is 3. The van der Waals surface area contributed by atoms with Gasteiger partial charge in [0, 0.05) is 50.5 Å². The van der Waals surface area contributed by atoms with E-state index < -0.39 is 10.0 Å². The van der Waals surface area contributed by atoms with Crippen molar-refractivity contribution in [2.45, 2.75) is 10.9 Å². The SMILES string of the molecule is O=C(C1CNNC1c1ccccc1)N1CCN(S(=O)(=O)c2c[nH]c3ncccc23)CC1. The van der Waals surface area contributed by atoms with Gasteiger partial charge >= 0.3 is 0 Å². The van der Waals surface area contributed by atoms with E-state index in [2.05, 4.69) is 20.8 Å². The molecule has 4 heterocycles. The number of benzene rings is 1.